The first-order valence-corrected chi connectivity index (χ1v) is 9.02. The van der Waals surface area contributed by atoms with E-state index >= 15 is 0 Å². The second-order valence-corrected chi connectivity index (χ2v) is 6.65. The Labute approximate surface area is 166 Å². The molecule has 1 atom stereocenters. The topological polar surface area (TPSA) is 110 Å². The highest BCUT2D eigenvalue weighted by molar-refractivity contribution is 6.02. The van der Waals surface area contributed by atoms with Gasteiger partial charge in [-0.05, 0) is 23.8 Å². The zero-order chi connectivity index (χ0) is 20.4. The summed E-state index contributed by atoms with van der Waals surface area (Å²) in [6, 6.07) is 10.8. The van der Waals surface area contributed by atoms with Crippen LogP contribution >= 0.6 is 0 Å². The molecule has 2 amide bonds. The summed E-state index contributed by atoms with van der Waals surface area (Å²) in [5.41, 5.74) is 1.84. The Hall–Kier alpha value is -3.75. The molecule has 0 aliphatic carbocycles. The van der Waals surface area contributed by atoms with Crippen molar-refractivity contribution >= 4 is 17.5 Å². The lowest BCUT2D eigenvalue weighted by Gasteiger charge is -2.28. The van der Waals surface area contributed by atoms with Crippen LogP contribution in [0.1, 0.15) is 23.8 Å². The first kappa shape index (κ1) is 18.6. The minimum absolute atomic E-state index is 0.0619. The normalized spacial score (nSPS) is 15.4. The molecule has 0 saturated heterocycles. The lowest BCUT2D eigenvalue weighted by atomic mass is 9.89. The van der Waals surface area contributed by atoms with Gasteiger partial charge in [-0.3, -0.25) is 14.6 Å². The Kier molecular flexibility index (Phi) is 4.94. The number of fused-ring (bicyclic) bond motifs is 1. The number of amides is 2. The second kappa shape index (κ2) is 7.70. The predicted octanol–water partition coefficient (Wildman–Crippen LogP) is 2.22. The minimum Gasteiger partial charge on any atom is -0.495 e. The monoisotopic (exact) mass is 393 g/mol. The van der Waals surface area contributed by atoms with Crippen molar-refractivity contribution < 1.29 is 18.8 Å². The molecule has 0 radical (unpaired) electrons. The largest absolute Gasteiger partial charge is 0.495 e. The number of methoxy groups -OCH3 is 1. The lowest BCUT2D eigenvalue weighted by Crippen LogP contribution is -2.36. The van der Waals surface area contributed by atoms with Crippen LogP contribution in [0.4, 0.5) is 5.69 Å². The molecule has 3 aromatic rings. The third-order valence-electron chi connectivity index (χ3n) is 4.72. The van der Waals surface area contributed by atoms with Crippen LogP contribution in [0.25, 0.3) is 11.5 Å². The summed E-state index contributed by atoms with van der Waals surface area (Å²) in [5, 5.41) is 6.71. The lowest BCUT2D eigenvalue weighted by molar-refractivity contribution is -0.134. The van der Waals surface area contributed by atoms with E-state index in [4.69, 9.17) is 9.26 Å². The van der Waals surface area contributed by atoms with Gasteiger partial charge in [0.1, 0.15) is 11.4 Å². The molecule has 2 aromatic heterocycles. The molecule has 1 aliphatic heterocycles. The number of nitrogens with one attached hydrogen (secondary N) is 1. The number of hydrogen-bond donors (Lipinski definition) is 1. The highest BCUT2D eigenvalue weighted by Crippen LogP contribution is 2.39. The molecule has 9 nitrogen and oxygen atoms in total. The molecule has 9 heteroatoms. The van der Waals surface area contributed by atoms with Crippen LogP contribution in [-0.4, -0.2) is 46.0 Å². The molecule has 3 heterocycles. The number of aromatic nitrogens is 3. The average molecular weight is 393 g/mol. The van der Waals surface area contributed by atoms with Crippen molar-refractivity contribution in [2.75, 3.05) is 19.5 Å². The Bertz CT molecular complexity index is 1050. The summed E-state index contributed by atoms with van der Waals surface area (Å²) in [4.78, 5) is 35.2. The van der Waals surface area contributed by atoms with Crippen LogP contribution in [0.2, 0.25) is 0 Å². The van der Waals surface area contributed by atoms with Crippen LogP contribution in [-0.2, 0) is 16.1 Å². The molecule has 4 rings (SSSR count). The first-order chi connectivity index (χ1) is 14.1. The smallest absolute Gasteiger partial charge is 0.246 e. The standard InChI is InChI=1S/C20H19N5O4/c1-25(11-17-23-19(24-29-17)14-7-3-4-9-21-14)20(27)13-10-16(26)22-18-12(13)6-5-8-15(18)28-2/h3-9,13H,10-11H2,1-2H3,(H,22,26). The molecule has 1 aliphatic rings. The number of rotatable bonds is 5. The van der Waals surface area contributed by atoms with E-state index in [1.165, 1.54) is 12.0 Å². The van der Waals surface area contributed by atoms with Crippen LogP contribution in [0, 0.1) is 0 Å². The van der Waals surface area contributed by atoms with Gasteiger partial charge in [0.2, 0.25) is 23.5 Å². The number of nitrogens with zero attached hydrogens (tertiary/aromatic N) is 4. The molecule has 0 bridgehead atoms. The van der Waals surface area contributed by atoms with Gasteiger partial charge in [-0.25, -0.2) is 0 Å². The quantitative estimate of drug-likeness (QED) is 0.708. The van der Waals surface area contributed by atoms with E-state index < -0.39 is 5.92 Å². The van der Waals surface area contributed by atoms with Crippen molar-refractivity contribution in [2.45, 2.75) is 18.9 Å². The van der Waals surface area contributed by atoms with E-state index in [1.54, 1.807) is 37.5 Å². The maximum Gasteiger partial charge on any atom is 0.246 e. The maximum atomic E-state index is 13.1. The van der Waals surface area contributed by atoms with Crippen molar-refractivity contribution in [3.05, 3.63) is 54.0 Å². The van der Waals surface area contributed by atoms with Gasteiger partial charge in [0, 0.05) is 19.7 Å². The van der Waals surface area contributed by atoms with Gasteiger partial charge in [0.15, 0.2) is 0 Å². The van der Waals surface area contributed by atoms with Gasteiger partial charge in [0.25, 0.3) is 0 Å². The Morgan fingerprint density at radius 3 is 2.93 bits per heavy atom. The predicted molar refractivity (Wildman–Crippen MR) is 103 cm³/mol. The fourth-order valence-electron chi connectivity index (χ4n) is 3.31. The van der Waals surface area contributed by atoms with E-state index in [0.29, 0.717) is 23.0 Å². The summed E-state index contributed by atoms with van der Waals surface area (Å²) in [6.07, 6.45) is 1.70. The Morgan fingerprint density at radius 1 is 1.31 bits per heavy atom. The minimum atomic E-state index is -0.614. The summed E-state index contributed by atoms with van der Waals surface area (Å²) in [5.74, 6) is 0.0991. The van der Waals surface area contributed by atoms with Gasteiger partial charge >= 0.3 is 0 Å². The number of ether oxygens (including phenoxy) is 1. The number of pyridine rings is 1. The highest BCUT2D eigenvalue weighted by atomic mass is 16.5. The molecule has 1 unspecified atom stereocenters. The fourth-order valence-corrected chi connectivity index (χ4v) is 3.31. The van der Waals surface area contributed by atoms with E-state index in [-0.39, 0.29) is 30.7 Å². The number of carbonyl (C=O) groups is 2. The Balaban J connectivity index is 1.53. The van der Waals surface area contributed by atoms with Gasteiger partial charge in [-0.2, -0.15) is 4.98 Å². The van der Waals surface area contributed by atoms with Crippen molar-refractivity contribution in [3.8, 4) is 17.3 Å². The van der Waals surface area contributed by atoms with Crippen LogP contribution in [0.5, 0.6) is 5.75 Å². The van der Waals surface area contributed by atoms with Crippen molar-refractivity contribution in [2.24, 2.45) is 0 Å². The molecule has 1 N–H and O–H groups in total. The van der Waals surface area contributed by atoms with Gasteiger partial charge < -0.3 is 19.5 Å². The van der Waals surface area contributed by atoms with Crippen molar-refractivity contribution in [1.29, 1.82) is 0 Å². The molecule has 1 aromatic carbocycles. The number of likely N-dealkylation sites (N-methyl/N-ethyl adjacent to an activating group) is 1. The zero-order valence-electron chi connectivity index (χ0n) is 16.0. The van der Waals surface area contributed by atoms with E-state index in [9.17, 15) is 9.59 Å². The highest BCUT2D eigenvalue weighted by Gasteiger charge is 2.34. The van der Waals surface area contributed by atoms with Gasteiger partial charge in [-0.1, -0.05) is 23.4 Å². The second-order valence-electron chi connectivity index (χ2n) is 6.65. The summed E-state index contributed by atoms with van der Waals surface area (Å²) in [6.45, 7) is 0.121. The zero-order valence-corrected chi connectivity index (χ0v) is 16.0. The number of carbonyl (C=O) groups excluding carboxylic acids is 2. The number of anilines is 1. The number of hydrogen-bond acceptors (Lipinski definition) is 7. The maximum absolute atomic E-state index is 13.1. The third kappa shape index (κ3) is 3.66. The van der Waals surface area contributed by atoms with Crippen molar-refractivity contribution in [3.63, 3.8) is 0 Å². The van der Waals surface area contributed by atoms with Crippen LogP contribution in [0.3, 0.4) is 0 Å². The Morgan fingerprint density at radius 2 is 2.17 bits per heavy atom. The fraction of sp³-hybridized carbons (Fsp3) is 0.250. The molecule has 0 spiro atoms. The molecule has 29 heavy (non-hydrogen) atoms. The average Bonchev–Trinajstić information content (AvgIpc) is 3.21. The number of benzene rings is 1. The summed E-state index contributed by atoms with van der Waals surface area (Å²) < 4.78 is 10.6. The molecule has 0 fully saturated rings. The molecular formula is C20H19N5O4. The molecule has 148 valence electrons. The van der Waals surface area contributed by atoms with Crippen LogP contribution < -0.4 is 10.1 Å². The SMILES string of the molecule is COc1cccc2c1NC(=O)CC2C(=O)N(C)Cc1nc(-c2ccccn2)no1. The van der Waals surface area contributed by atoms with Gasteiger partial charge in [-0.15, -0.1) is 0 Å². The third-order valence-corrected chi connectivity index (χ3v) is 4.72. The molecular weight excluding hydrogens is 374 g/mol. The van der Waals surface area contributed by atoms with Crippen LogP contribution in [0.15, 0.2) is 47.1 Å². The van der Waals surface area contributed by atoms with E-state index in [1.807, 2.05) is 12.1 Å². The van der Waals surface area contributed by atoms with E-state index in [0.717, 1.165) is 5.56 Å². The molecule has 0 saturated carbocycles. The van der Waals surface area contributed by atoms with Crippen molar-refractivity contribution in [1.82, 2.24) is 20.0 Å². The summed E-state index contributed by atoms with van der Waals surface area (Å²) >= 11 is 0. The number of para-hydroxylation sites is 1. The first-order valence-electron chi connectivity index (χ1n) is 9.02. The van der Waals surface area contributed by atoms with E-state index in [2.05, 4.69) is 20.4 Å². The van der Waals surface area contributed by atoms with Gasteiger partial charge in [0.05, 0.1) is 25.3 Å². The summed E-state index contributed by atoms with van der Waals surface area (Å²) in [7, 11) is 3.16.